The minimum Gasteiger partial charge on any atom is -0.385 e. The second kappa shape index (κ2) is 6.01. The Labute approximate surface area is 103 Å². The highest BCUT2D eigenvalue weighted by atomic mass is 16.5. The van der Waals surface area contributed by atoms with Crippen LogP contribution in [0.2, 0.25) is 0 Å². The average molecular weight is 235 g/mol. The van der Waals surface area contributed by atoms with Crippen molar-refractivity contribution in [3.8, 4) is 0 Å². The van der Waals surface area contributed by atoms with Crippen molar-refractivity contribution >= 4 is 5.78 Å². The van der Waals surface area contributed by atoms with Crippen LogP contribution in [-0.2, 0) is 17.7 Å². The SMILES string of the molecule is COCCCCn1cc2c(c1)C(=O)CCCC2. The Morgan fingerprint density at radius 3 is 2.88 bits per heavy atom. The van der Waals surface area contributed by atoms with Crippen molar-refractivity contribution in [1.29, 1.82) is 0 Å². The molecule has 1 aliphatic rings. The lowest BCUT2D eigenvalue weighted by Gasteiger charge is -2.02. The van der Waals surface area contributed by atoms with Gasteiger partial charge in [0.1, 0.15) is 0 Å². The molecule has 0 radical (unpaired) electrons. The maximum absolute atomic E-state index is 11.9. The third-order valence-electron chi connectivity index (χ3n) is 3.38. The first-order chi connectivity index (χ1) is 8.31. The Balaban J connectivity index is 1.96. The number of ether oxygens (including phenoxy) is 1. The summed E-state index contributed by atoms with van der Waals surface area (Å²) < 4.78 is 7.20. The van der Waals surface area contributed by atoms with Gasteiger partial charge in [0.25, 0.3) is 0 Å². The van der Waals surface area contributed by atoms with E-state index in [1.807, 2.05) is 6.20 Å². The molecule has 0 spiro atoms. The molecule has 0 saturated carbocycles. The number of aromatic nitrogens is 1. The molecule has 0 atom stereocenters. The van der Waals surface area contributed by atoms with Gasteiger partial charge in [-0.05, 0) is 37.7 Å². The van der Waals surface area contributed by atoms with E-state index in [2.05, 4.69) is 10.8 Å². The lowest BCUT2D eigenvalue weighted by atomic mass is 10.1. The molecule has 0 fully saturated rings. The molecule has 17 heavy (non-hydrogen) atoms. The van der Waals surface area contributed by atoms with Gasteiger partial charge in [0.15, 0.2) is 5.78 Å². The van der Waals surface area contributed by atoms with Crippen molar-refractivity contribution in [2.45, 2.75) is 45.1 Å². The van der Waals surface area contributed by atoms with Crippen LogP contribution in [0.15, 0.2) is 12.4 Å². The van der Waals surface area contributed by atoms with Crippen LogP contribution in [0.25, 0.3) is 0 Å². The molecule has 94 valence electrons. The van der Waals surface area contributed by atoms with E-state index < -0.39 is 0 Å². The molecule has 3 heteroatoms. The van der Waals surface area contributed by atoms with Gasteiger partial charge in [-0.2, -0.15) is 0 Å². The first-order valence-electron chi connectivity index (χ1n) is 6.52. The van der Waals surface area contributed by atoms with E-state index in [0.717, 1.165) is 57.2 Å². The largest absolute Gasteiger partial charge is 0.385 e. The predicted molar refractivity (Wildman–Crippen MR) is 67.4 cm³/mol. The summed E-state index contributed by atoms with van der Waals surface area (Å²) >= 11 is 0. The lowest BCUT2D eigenvalue weighted by Crippen LogP contribution is -1.99. The molecule has 0 N–H and O–H groups in total. The topological polar surface area (TPSA) is 31.2 Å². The zero-order chi connectivity index (χ0) is 12.1. The number of carbonyl (C=O) groups excluding carboxylic acids is 1. The van der Waals surface area contributed by atoms with Crippen LogP contribution in [0.5, 0.6) is 0 Å². The Morgan fingerprint density at radius 1 is 1.24 bits per heavy atom. The minimum absolute atomic E-state index is 0.327. The summed E-state index contributed by atoms with van der Waals surface area (Å²) in [5.41, 5.74) is 2.22. The molecule has 1 heterocycles. The Kier molecular flexibility index (Phi) is 4.37. The van der Waals surface area contributed by atoms with Crippen LogP contribution in [-0.4, -0.2) is 24.1 Å². The highest BCUT2D eigenvalue weighted by Crippen LogP contribution is 2.21. The van der Waals surface area contributed by atoms with E-state index in [0.29, 0.717) is 5.78 Å². The molecule has 0 aliphatic heterocycles. The maximum Gasteiger partial charge on any atom is 0.164 e. The molecule has 0 unspecified atom stereocenters. The number of nitrogens with zero attached hydrogens (tertiary/aromatic N) is 1. The van der Waals surface area contributed by atoms with Crippen LogP contribution >= 0.6 is 0 Å². The first kappa shape index (κ1) is 12.4. The van der Waals surface area contributed by atoms with Gasteiger partial charge in [-0.25, -0.2) is 0 Å². The fourth-order valence-electron chi connectivity index (χ4n) is 2.41. The van der Waals surface area contributed by atoms with Crippen molar-refractivity contribution in [2.24, 2.45) is 0 Å². The number of methoxy groups -OCH3 is 1. The van der Waals surface area contributed by atoms with Gasteiger partial charge in [-0.15, -0.1) is 0 Å². The standard InChI is InChI=1S/C14H21NO2/c1-17-9-5-4-8-15-10-12-6-2-3-7-14(16)13(12)11-15/h10-11H,2-9H2,1H3. The minimum atomic E-state index is 0.327. The molecule has 0 aromatic carbocycles. The molecule has 0 bridgehead atoms. The van der Waals surface area contributed by atoms with Crippen LogP contribution in [0, 0.1) is 0 Å². The molecule has 2 rings (SSSR count). The summed E-state index contributed by atoms with van der Waals surface area (Å²) in [6.07, 6.45) is 10.4. The fraction of sp³-hybridized carbons (Fsp3) is 0.643. The second-order valence-corrected chi connectivity index (χ2v) is 4.77. The van der Waals surface area contributed by atoms with Crippen LogP contribution in [0.1, 0.15) is 48.0 Å². The molecule has 3 nitrogen and oxygen atoms in total. The van der Waals surface area contributed by atoms with Crippen LogP contribution in [0.4, 0.5) is 0 Å². The van der Waals surface area contributed by atoms with E-state index >= 15 is 0 Å². The molecule has 1 aliphatic carbocycles. The summed E-state index contributed by atoms with van der Waals surface area (Å²) in [5.74, 6) is 0.327. The number of fused-ring (bicyclic) bond motifs is 1. The van der Waals surface area contributed by atoms with E-state index in [4.69, 9.17) is 4.74 Å². The Hall–Kier alpha value is -1.09. The van der Waals surface area contributed by atoms with Gasteiger partial charge in [-0.1, -0.05) is 0 Å². The van der Waals surface area contributed by atoms with Gasteiger partial charge < -0.3 is 9.30 Å². The molecular formula is C14H21NO2. The van der Waals surface area contributed by atoms with E-state index in [9.17, 15) is 4.79 Å². The predicted octanol–water partition coefficient (Wildman–Crippen LogP) is 2.82. The first-order valence-corrected chi connectivity index (χ1v) is 6.52. The summed E-state index contributed by atoms with van der Waals surface area (Å²) in [6, 6.07) is 0. The molecule has 1 aromatic rings. The summed E-state index contributed by atoms with van der Waals surface area (Å²) in [7, 11) is 1.73. The smallest absolute Gasteiger partial charge is 0.164 e. The van der Waals surface area contributed by atoms with Crippen LogP contribution < -0.4 is 0 Å². The number of hydrogen-bond acceptors (Lipinski definition) is 2. The van der Waals surface area contributed by atoms with Gasteiger partial charge in [0.2, 0.25) is 0 Å². The highest BCUT2D eigenvalue weighted by molar-refractivity contribution is 5.97. The lowest BCUT2D eigenvalue weighted by molar-refractivity contribution is 0.0982. The number of aryl methyl sites for hydroxylation is 2. The van der Waals surface area contributed by atoms with Crippen molar-refractivity contribution in [1.82, 2.24) is 4.57 Å². The molecule has 0 amide bonds. The van der Waals surface area contributed by atoms with Crippen molar-refractivity contribution in [3.05, 3.63) is 23.5 Å². The van der Waals surface area contributed by atoms with E-state index in [1.165, 1.54) is 5.56 Å². The summed E-state index contributed by atoms with van der Waals surface area (Å²) in [6.45, 7) is 1.81. The summed E-state index contributed by atoms with van der Waals surface area (Å²) in [5, 5.41) is 0. The monoisotopic (exact) mass is 235 g/mol. The average Bonchev–Trinajstić information content (AvgIpc) is 2.66. The van der Waals surface area contributed by atoms with Crippen molar-refractivity contribution in [3.63, 3.8) is 0 Å². The van der Waals surface area contributed by atoms with Gasteiger partial charge in [-0.3, -0.25) is 4.79 Å². The van der Waals surface area contributed by atoms with Gasteiger partial charge in [0.05, 0.1) is 0 Å². The maximum atomic E-state index is 11.9. The third-order valence-corrected chi connectivity index (χ3v) is 3.38. The number of rotatable bonds is 5. The molecular weight excluding hydrogens is 214 g/mol. The van der Waals surface area contributed by atoms with E-state index in [1.54, 1.807) is 7.11 Å². The van der Waals surface area contributed by atoms with Gasteiger partial charge in [0, 0.05) is 44.6 Å². The summed E-state index contributed by atoms with van der Waals surface area (Å²) in [4.78, 5) is 11.9. The normalized spacial score (nSPS) is 15.7. The highest BCUT2D eigenvalue weighted by Gasteiger charge is 2.17. The molecule has 0 saturated heterocycles. The zero-order valence-electron chi connectivity index (χ0n) is 10.6. The number of Topliss-reactive ketones (excluding diaryl/α,β-unsaturated/α-hetero) is 1. The number of hydrogen-bond donors (Lipinski definition) is 0. The third kappa shape index (κ3) is 3.19. The zero-order valence-corrected chi connectivity index (χ0v) is 10.6. The molecule has 1 aromatic heterocycles. The Morgan fingerprint density at radius 2 is 2.06 bits per heavy atom. The fourth-order valence-corrected chi connectivity index (χ4v) is 2.41. The van der Waals surface area contributed by atoms with Gasteiger partial charge >= 0.3 is 0 Å². The quantitative estimate of drug-likeness (QED) is 0.580. The van der Waals surface area contributed by atoms with E-state index in [-0.39, 0.29) is 0 Å². The number of unbranched alkanes of at least 4 members (excludes halogenated alkanes) is 1. The van der Waals surface area contributed by atoms with Crippen LogP contribution in [0.3, 0.4) is 0 Å². The van der Waals surface area contributed by atoms with Crippen molar-refractivity contribution < 1.29 is 9.53 Å². The number of ketones is 1. The Bertz CT molecular complexity index is 382. The van der Waals surface area contributed by atoms with Crippen molar-refractivity contribution in [2.75, 3.05) is 13.7 Å². The second-order valence-electron chi connectivity index (χ2n) is 4.77. The number of carbonyl (C=O) groups is 1.